The first-order valence-electron chi connectivity index (χ1n) is 5.70. The van der Waals surface area contributed by atoms with Gasteiger partial charge in [-0.25, -0.2) is 4.79 Å². The molecule has 2 amide bonds. The Bertz CT molecular complexity index is 342. The average Bonchev–Trinajstić information content (AvgIpc) is 2.21. The Morgan fingerprint density at radius 2 is 2.18 bits per heavy atom. The SMILES string of the molecule is C#CC(C)NC(=O)NCC1(CC(=O)O)CCC1. The second-order valence-electron chi connectivity index (χ2n) is 4.64. The zero-order valence-electron chi connectivity index (χ0n) is 9.95. The van der Waals surface area contributed by atoms with Crippen molar-refractivity contribution in [2.45, 2.75) is 38.6 Å². The van der Waals surface area contributed by atoms with E-state index in [0.29, 0.717) is 6.54 Å². The molecule has 0 radical (unpaired) electrons. The lowest BCUT2D eigenvalue weighted by molar-refractivity contribution is -0.141. The Kier molecular flexibility index (Phi) is 4.38. The molecule has 5 heteroatoms. The van der Waals surface area contributed by atoms with Crippen LogP contribution in [0.5, 0.6) is 0 Å². The molecular formula is C12H18N2O3. The summed E-state index contributed by atoms with van der Waals surface area (Å²) in [7, 11) is 0. The van der Waals surface area contributed by atoms with Gasteiger partial charge in [0.25, 0.3) is 0 Å². The van der Waals surface area contributed by atoms with Gasteiger partial charge in [0, 0.05) is 6.54 Å². The minimum Gasteiger partial charge on any atom is -0.481 e. The number of amides is 2. The highest BCUT2D eigenvalue weighted by Crippen LogP contribution is 2.43. The van der Waals surface area contributed by atoms with Gasteiger partial charge in [-0.05, 0) is 25.2 Å². The normalized spacial score (nSPS) is 18.4. The minimum absolute atomic E-state index is 0.109. The molecule has 0 aromatic heterocycles. The minimum atomic E-state index is -0.816. The molecule has 1 atom stereocenters. The quantitative estimate of drug-likeness (QED) is 0.624. The number of urea groups is 1. The lowest BCUT2D eigenvalue weighted by atomic mass is 9.66. The summed E-state index contributed by atoms with van der Waals surface area (Å²) in [6, 6.07) is -0.668. The molecule has 0 aromatic rings. The van der Waals surface area contributed by atoms with Crippen LogP contribution in [0.2, 0.25) is 0 Å². The zero-order valence-corrected chi connectivity index (χ0v) is 9.95. The average molecular weight is 238 g/mol. The predicted molar refractivity (Wildman–Crippen MR) is 63.4 cm³/mol. The van der Waals surface area contributed by atoms with Gasteiger partial charge in [0.15, 0.2) is 0 Å². The third-order valence-corrected chi connectivity index (χ3v) is 3.16. The fraction of sp³-hybridized carbons (Fsp3) is 0.667. The lowest BCUT2D eigenvalue weighted by Gasteiger charge is -2.40. The van der Waals surface area contributed by atoms with Crippen molar-refractivity contribution in [3.63, 3.8) is 0 Å². The van der Waals surface area contributed by atoms with E-state index in [4.69, 9.17) is 11.5 Å². The molecule has 1 aliphatic carbocycles. The van der Waals surface area contributed by atoms with E-state index >= 15 is 0 Å². The summed E-state index contributed by atoms with van der Waals surface area (Å²) in [6.45, 7) is 2.10. The van der Waals surface area contributed by atoms with E-state index in [1.165, 1.54) is 0 Å². The van der Waals surface area contributed by atoms with Crippen LogP contribution in [0.3, 0.4) is 0 Å². The first-order chi connectivity index (χ1) is 7.97. The van der Waals surface area contributed by atoms with Crippen molar-refractivity contribution in [3.8, 4) is 12.3 Å². The summed E-state index contributed by atoms with van der Waals surface area (Å²) in [5.74, 6) is 1.57. The largest absolute Gasteiger partial charge is 0.481 e. The smallest absolute Gasteiger partial charge is 0.315 e. The van der Waals surface area contributed by atoms with Crippen molar-refractivity contribution < 1.29 is 14.7 Å². The van der Waals surface area contributed by atoms with Crippen LogP contribution >= 0.6 is 0 Å². The highest BCUT2D eigenvalue weighted by Gasteiger charge is 2.39. The molecule has 94 valence electrons. The molecule has 1 aliphatic rings. The van der Waals surface area contributed by atoms with Gasteiger partial charge in [-0.1, -0.05) is 12.3 Å². The Labute approximate surface area is 101 Å². The number of hydrogen-bond donors (Lipinski definition) is 3. The summed E-state index contributed by atoms with van der Waals surface area (Å²) in [5, 5.41) is 14.1. The molecule has 0 aliphatic heterocycles. The van der Waals surface area contributed by atoms with Gasteiger partial charge in [0.05, 0.1) is 12.5 Å². The van der Waals surface area contributed by atoms with Crippen LogP contribution in [0.15, 0.2) is 0 Å². The van der Waals surface area contributed by atoms with Gasteiger partial charge < -0.3 is 15.7 Å². The van der Waals surface area contributed by atoms with E-state index in [2.05, 4.69) is 16.6 Å². The standard InChI is InChI=1S/C12H18N2O3/c1-3-9(2)14-11(17)13-8-12(5-4-6-12)7-10(15)16/h1,9H,4-8H2,2H3,(H,15,16)(H2,13,14,17). The second-order valence-corrected chi connectivity index (χ2v) is 4.64. The highest BCUT2D eigenvalue weighted by molar-refractivity contribution is 5.75. The van der Waals surface area contributed by atoms with E-state index in [9.17, 15) is 9.59 Å². The van der Waals surface area contributed by atoms with E-state index in [1.807, 2.05) is 0 Å². The van der Waals surface area contributed by atoms with Gasteiger partial charge in [-0.3, -0.25) is 4.79 Å². The summed E-state index contributed by atoms with van der Waals surface area (Å²) >= 11 is 0. The maximum atomic E-state index is 11.4. The number of aliphatic carboxylic acids is 1. The van der Waals surface area contributed by atoms with E-state index < -0.39 is 5.97 Å². The van der Waals surface area contributed by atoms with Crippen LogP contribution in [0, 0.1) is 17.8 Å². The maximum Gasteiger partial charge on any atom is 0.315 e. The van der Waals surface area contributed by atoms with Crippen LogP contribution in [0.1, 0.15) is 32.6 Å². The van der Waals surface area contributed by atoms with E-state index in [0.717, 1.165) is 19.3 Å². The number of nitrogens with one attached hydrogen (secondary N) is 2. The Morgan fingerprint density at radius 3 is 2.59 bits per heavy atom. The van der Waals surface area contributed by atoms with Crippen molar-refractivity contribution in [2.75, 3.05) is 6.54 Å². The first kappa shape index (κ1) is 13.4. The summed E-state index contributed by atoms with van der Waals surface area (Å²) in [5.41, 5.74) is -0.261. The molecule has 3 N–H and O–H groups in total. The van der Waals surface area contributed by atoms with Crippen molar-refractivity contribution in [1.82, 2.24) is 10.6 Å². The number of carboxylic acid groups (broad SMARTS) is 1. The van der Waals surface area contributed by atoms with Crippen molar-refractivity contribution >= 4 is 12.0 Å². The third kappa shape index (κ3) is 3.99. The topological polar surface area (TPSA) is 78.4 Å². The third-order valence-electron chi connectivity index (χ3n) is 3.16. The molecule has 0 bridgehead atoms. The van der Waals surface area contributed by atoms with Crippen LogP contribution in [0.25, 0.3) is 0 Å². The van der Waals surface area contributed by atoms with Crippen LogP contribution < -0.4 is 10.6 Å². The van der Waals surface area contributed by atoms with Crippen molar-refractivity contribution in [3.05, 3.63) is 0 Å². The summed E-state index contributed by atoms with van der Waals surface area (Å²) in [6.07, 6.45) is 7.97. The monoisotopic (exact) mass is 238 g/mol. The number of terminal acetylenes is 1. The van der Waals surface area contributed by atoms with E-state index in [1.54, 1.807) is 6.92 Å². The van der Waals surface area contributed by atoms with Gasteiger partial charge in [-0.15, -0.1) is 6.42 Å². The Balaban J connectivity index is 2.36. The summed E-state index contributed by atoms with van der Waals surface area (Å²) < 4.78 is 0. The number of rotatable bonds is 5. The Hall–Kier alpha value is -1.70. The maximum absolute atomic E-state index is 11.4. The fourth-order valence-corrected chi connectivity index (χ4v) is 1.97. The molecule has 1 saturated carbocycles. The molecule has 17 heavy (non-hydrogen) atoms. The predicted octanol–water partition coefficient (Wildman–Crippen LogP) is 0.952. The van der Waals surface area contributed by atoms with E-state index in [-0.39, 0.29) is 23.9 Å². The Morgan fingerprint density at radius 1 is 1.53 bits per heavy atom. The molecule has 1 unspecified atom stereocenters. The number of carbonyl (C=O) groups excluding carboxylic acids is 1. The molecule has 0 spiro atoms. The molecular weight excluding hydrogens is 220 g/mol. The second kappa shape index (κ2) is 5.58. The number of hydrogen-bond acceptors (Lipinski definition) is 2. The van der Waals surface area contributed by atoms with Crippen molar-refractivity contribution in [1.29, 1.82) is 0 Å². The van der Waals surface area contributed by atoms with Gasteiger partial charge in [0.2, 0.25) is 0 Å². The van der Waals surface area contributed by atoms with Gasteiger partial charge in [-0.2, -0.15) is 0 Å². The zero-order chi connectivity index (χ0) is 12.9. The molecule has 0 heterocycles. The van der Waals surface area contributed by atoms with Crippen LogP contribution in [0.4, 0.5) is 4.79 Å². The van der Waals surface area contributed by atoms with Crippen LogP contribution in [-0.4, -0.2) is 29.7 Å². The molecule has 0 aromatic carbocycles. The van der Waals surface area contributed by atoms with Gasteiger partial charge >= 0.3 is 12.0 Å². The molecule has 5 nitrogen and oxygen atoms in total. The molecule has 1 rings (SSSR count). The first-order valence-corrected chi connectivity index (χ1v) is 5.70. The fourth-order valence-electron chi connectivity index (χ4n) is 1.97. The number of carboxylic acids is 1. The molecule has 0 saturated heterocycles. The van der Waals surface area contributed by atoms with Crippen molar-refractivity contribution in [2.24, 2.45) is 5.41 Å². The highest BCUT2D eigenvalue weighted by atomic mass is 16.4. The lowest BCUT2D eigenvalue weighted by Crippen LogP contribution is -2.48. The van der Waals surface area contributed by atoms with Gasteiger partial charge in [0.1, 0.15) is 0 Å². The summed E-state index contributed by atoms with van der Waals surface area (Å²) in [4.78, 5) is 22.1. The molecule has 1 fully saturated rings. The van der Waals surface area contributed by atoms with Crippen LogP contribution in [-0.2, 0) is 4.79 Å². The number of carbonyl (C=O) groups is 2.